The van der Waals surface area contributed by atoms with Gasteiger partial charge in [-0.15, -0.1) is 12.4 Å². The van der Waals surface area contributed by atoms with Crippen molar-refractivity contribution in [1.29, 1.82) is 5.41 Å². The lowest BCUT2D eigenvalue weighted by molar-refractivity contribution is -0.120. The third-order valence-electron chi connectivity index (χ3n) is 2.32. The Morgan fingerprint density at radius 2 is 2.00 bits per heavy atom. The van der Waals surface area contributed by atoms with Gasteiger partial charge in [-0.05, 0) is 19.4 Å². The maximum atomic E-state index is 11.6. The largest absolute Gasteiger partial charge is 0.481 e. The summed E-state index contributed by atoms with van der Waals surface area (Å²) in [6.45, 7) is 4.12. The Morgan fingerprint density at radius 3 is 2.56 bits per heavy atom. The van der Waals surface area contributed by atoms with Crippen LogP contribution in [0.3, 0.4) is 0 Å². The number of carbonyl (C=O) groups excluding carboxylic acids is 1. The fourth-order valence-corrected chi connectivity index (χ4v) is 1.49. The Kier molecular flexibility index (Phi) is 7.79. The Balaban J connectivity index is 0.00000289. The zero-order valence-corrected chi connectivity index (χ0v) is 11.4. The normalized spacial score (nSPS) is 11.0. The second-order valence-corrected chi connectivity index (χ2v) is 3.73. The standard InChI is InChI=1S/C13H18N2O2.ClH/c1-3-17-12(14)9-13(16)15-10(2)11-7-5-4-6-8-11;/h4-8,10,14H,3,9H2,1-2H3,(H,15,16);1H. The smallest absolute Gasteiger partial charge is 0.229 e. The summed E-state index contributed by atoms with van der Waals surface area (Å²) in [5.74, 6) is -0.190. The number of carbonyl (C=O) groups is 1. The molecule has 0 aliphatic rings. The maximum absolute atomic E-state index is 11.6. The molecule has 0 fully saturated rings. The first kappa shape index (κ1) is 16.4. The van der Waals surface area contributed by atoms with Gasteiger partial charge in [-0.3, -0.25) is 10.2 Å². The van der Waals surface area contributed by atoms with Crippen molar-refractivity contribution in [3.8, 4) is 0 Å². The highest BCUT2D eigenvalue weighted by Gasteiger charge is 2.11. The van der Waals surface area contributed by atoms with Crippen LogP contribution < -0.4 is 5.32 Å². The van der Waals surface area contributed by atoms with Crippen LogP contribution in [0.4, 0.5) is 0 Å². The Morgan fingerprint density at radius 1 is 1.39 bits per heavy atom. The Hall–Kier alpha value is -1.55. The van der Waals surface area contributed by atoms with E-state index in [9.17, 15) is 4.79 Å². The highest BCUT2D eigenvalue weighted by atomic mass is 35.5. The monoisotopic (exact) mass is 270 g/mol. The van der Waals surface area contributed by atoms with E-state index < -0.39 is 0 Å². The molecule has 1 unspecified atom stereocenters. The number of amides is 1. The van der Waals surface area contributed by atoms with Crippen molar-refractivity contribution < 1.29 is 9.53 Å². The molecule has 0 spiro atoms. The third kappa shape index (κ3) is 5.68. The van der Waals surface area contributed by atoms with Gasteiger partial charge in [0.05, 0.1) is 12.6 Å². The molecule has 1 amide bonds. The van der Waals surface area contributed by atoms with Gasteiger partial charge in [0.25, 0.3) is 0 Å². The summed E-state index contributed by atoms with van der Waals surface area (Å²) >= 11 is 0. The first-order valence-electron chi connectivity index (χ1n) is 5.68. The second kappa shape index (κ2) is 8.53. The quantitative estimate of drug-likeness (QED) is 0.638. The predicted octanol–water partition coefficient (Wildman–Crippen LogP) is 2.69. The molecule has 0 aliphatic heterocycles. The van der Waals surface area contributed by atoms with E-state index in [1.807, 2.05) is 37.3 Å². The first-order chi connectivity index (χ1) is 8.13. The van der Waals surface area contributed by atoms with Crippen molar-refractivity contribution in [2.24, 2.45) is 0 Å². The minimum absolute atomic E-state index is 0. The molecule has 5 heteroatoms. The summed E-state index contributed by atoms with van der Waals surface area (Å²) in [5.41, 5.74) is 1.05. The molecule has 0 aromatic heterocycles. The van der Waals surface area contributed by atoms with Gasteiger partial charge < -0.3 is 10.1 Å². The molecule has 18 heavy (non-hydrogen) atoms. The molecule has 1 aromatic rings. The average molecular weight is 271 g/mol. The summed E-state index contributed by atoms with van der Waals surface area (Å²) in [6.07, 6.45) is -0.00892. The molecule has 0 radical (unpaired) electrons. The molecule has 1 rings (SSSR count). The van der Waals surface area contributed by atoms with Gasteiger partial charge in [0.2, 0.25) is 5.91 Å². The van der Waals surface area contributed by atoms with E-state index in [0.29, 0.717) is 6.61 Å². The fourth-order valence-electron chi connectivity index (χ4n) is 1.49. The molecular formula is C13H19ClN2O2. The molecule has 0 heterocycles. The maximum Gasteiger partial charge on any atom is 0.229 e. The lowest BCUT2D eigenvalue weighted by atomic mass is 10.1. The van der Waals surface area contributed by atoms with Gasteiger partial charge in [-0.25, -0.2) is 0 Å². The summed E-state index contributed by atoms with van der Waals surface area (Å²) < 4.78 is 4.92. The van der Waals surface area contributed by atoms with Gasteiger partial charge >= 0.3 is 0 Å². The number of benzene rings is 1. The SMILES string of the molecule is CCOC(=N)CC(=O)NC(C)c1ccccc1.Cl. The minimum atomic E-state index is -0.195. The first-order valence-corrected chi connectivity index (χ1v) is 5.68. The van der Waals surface area contributed by atoms with E-state index in [1.54, 1.807) is 6.92 Å². The van der Waals surface area contributed by atoms with Crippen molar-refractivity contribution in [3.63, 3.8) is 0 Å². The van der Waals surface area contributed by atoms with Gasteiger partial charge in [0.1, 0.15) is 6.42 Å². The van der Waals surface area contributed by atoms with Crippen LogP contribution in [0.15, 0.2) is 30.3 Å². The zero-order chi connectivity index (χ0) is 12.7. The number of hydrogen-bond donors (Lipinski definition) is 2. The van der Waals surface area contributed by atoms with Gasteiger partial charge in [0, 0.05) is 0 Å². The van der Waals surface area contributed by atoms with E-state index in [0.717, 1.165) is 5.56 Å². The molecule has 4 nitrogen and oxygen atoms in total. The molecule has 0 aliphatic carbocycles. The van der Waals surface area contributed by atoms with Crippen molar-refractivity contribution in [2.45, 2.75) is 26.3 Å². The topological polar surface area (TPSA) is 62.2 Å². The number of rotatable bonds is 5. The molecule has 100 valence electrons. The highest BCUT2D eigenvalue weighted by molar-refractivity contribution is 5.95. The van der Waals surface area contributed by atoms with E-state index in [2.05, 4.69) is 5.32 Å². The Bertz CT molecular complexity index is 382. The van der Waals surface area contributed by atoms with Gasteiger partial charge in [-0.2, -0.15) is 0 Å². The van der Waals surface area contributed by atoms with Crippen LogP contribution in [0.5, 0.6) is 0 Å². The minimum Gasteiger partial charge on any atom is -0.481 e. The number of hydrogen-bond acceptors (Lipinski definition) is 3. The van der Waals surface area contributed by atoms with Crippen LogP contribution in [-0.2, 0) is 9.53 Å². The lowest BCUT2D eigenvalue weighted by Gasteiger charge is -2.14. The molecule has 2 N–H and O–H groups in total. The predicted molar refractivity (Wildman–Crippen MR) is 74.2 cm³/mol. The van der Waals surface area contributed by atoms with Crippen molar-refractivity contribution >= 4 is 24.2 Å². The summed E-state index contributed by atoms with van der Waals surface area (Å²) in [5, 5.41) is 10.2. The van der Waals surface area contributed by atoms with Crippen molar-refractivity contribution in [1.82, 2.24) is 5.32 Å². The van der Waals surface area contributed by atoms with Crippen molar-refractivity contribution in [2.75, 3.05) is 6.61 Å². The van der Waals surface area contributed by atoms with Crippen LogP contribution >= 0.6 is 12.4 Å². The fraction of sp³-hybridized carbons (Fsp3) is 0.385. The second-order valence-electron chi connectivity index (χ2n) is 3.73. The zero-order valence-electron chi connectivity index (χ0n) is 10.6. The molecule has 1 atom stereocenters. The van der Waals surface area contributed by atoms with Crippen LogP contribution in [0.1, 0.15) is 31.9 Å². The van der Waals surface area contributed by atoms with E-state index in [-0.39, 0.29) is 36.7 Å². The number of nitrogens with one attached hydrogen (secondary N) is 2. The average Bonchev–Trinajstić information content (AvgIpc) is 2.30. The molecule has 0 saturated carbocycles. The lowest BCUT2D eigenvalue weighted by Crippen LogP contribution is -2.28. The highest BCUT2D eigenvalue weighted by Crippen LogP contribution is 2.11. The van der Waals surface area contributed by atoms with E-state index in [1.165, 1.54) is 0 Å². The molecule has 1 aromatic carbocycles. The third-order valence-corrected chi connectivity index (χ3v) is 2.32. The molecule has 0 bridgehead atoms. The summed E-state index contributed by atoms with van der Waals surface area (Å²) in [4.78, 5) is 11.6. The van der Waals surface area contributed by atoms with Crippen LogP contribution in [0, 0.1) is 5.41 Å². The van der Waals surface area contributed by atoms with Crippen LogP contribution in [0.2, 0.25) is 0 Å². The van der Waals surface area contributed by atoms with E-state index in [4.69, 9.17) is 10.1 Å². The van der Waals surface area contributed by atoms with Gasteiger partial charge in [-0.1, -0.05) is 30.3 Å². The molecule has 0 saturated heterocycles. The molecular weight excluding hydrogens is 252 g/mol. The van der Waals surface area contributed by atoms with Gasteiger partial charge in [0.15, 0.2) is 5.90 Å². The van der Waals surface area contributed by atoms with Crippen molar-refractivity contribution in [3.05, 3.63) is 35.9 Å². The van der Waals surface area contributed by atoms with E-state index >= 15 is 0 Å². The van der Waals surface area contributed by atoms with Crippen LogP contribution in [0.25, 0.3) is 0 Å². The summed E-state index contributed by atoms with van der Waals surface area (Å²) in [7, 11) is 0. The summed E-state index contributed by atoms with van der Waals surface area (Å²) in [6, 6.07) is 9.65. The Labute approximate surface area is 114 Å². The number of ether oxygens (including phenoxy) is 1. The van der Waals surface area contributed by atoms with Crippen LogP contribution in [-0.4, -0.2) is 18.4 Å². The number of halogens is 1.